The molecule has 100 valence electrons. The lowest BCUT2D eigenvalue weighted by atomic mass is 9.93. The SMILES string of the molecule is CCCNC1CCCC1N(C)C1CCCCC1. The minimum atomic E-state index is 0.766. The van der Waals surface area contributed by atoms with E-state index in [2.05, 4.69) is 24.2 Å². The number of nitrogens with one attached hydrogen (secondary N) is 1. The molecule has 0 bridgehead atoms. The van der Waals surface area contributed by atoms with Crippen molar-refractivity contribution in [2.75, 3.05) is 13.6 Å². The molecular formula is C15H30N2. The fourth-order valence-corrected chi connectivity index (χ4v) is 3.75. The van der Waals surface area contributed by atoms with Crippen LogP contribution in [0.4, 0.5) is 0 Å². The molecule has 0 aromatic rings. The van der Waals surface area contributed by atoms with Crippen LogP contribution in [-0.2, 0) is 0 Å². The molecule has 0 radical (unpaired) electrons. The van der Waals surface area contributed by atoms with Crippen molar-refractivity contribution >= 4 is 0 Å². The Labute approximate surface area is 107 Å². The lowest BCUT2D eigenvalue weighted by Crippen LogP contribution is -2.49. The van der Waals surface area contributed by atoms with Crippen LogP contribution in [0, 0.1) is 0 Å². The van der Waals surface area contributed by atoms with Gasteiger partial charge in [0.2, 0.25) is 0 Å². The number of hydrogen-bond acceptors (Lipinski definition) is 2. The minimum absolute atomic E-state index is 0.766. The highest BCUT2D eigenvalue weighted by Crippen LogP contribution is 2.29. The summed E-state index contributed by atoms with van der Waals surface area (Å²) in [6.45, 7) is 3.46. The van der Waals surface area contributed by atoms with Gasteiger partial charge in [0.15, 0.2) is 0 Å². The molecule has 0 aromatic heterocycles. The molecule has 17 heavy (non-hydrogen) atoms. The Hall–Kier alpha value is -0.0800. The zero-order valence-corrected chi connectivity index (χ0v) is 11.8. The highest BCUT2D eigenvalue weighted by molar-refractivity contribution is 4.92. The molecule has 2 aliphatic rings. The quantitative estimate of drug-likeness (QED) is 0.791. The topological polar surface area (TPSA) is 15.3 Å². The molecule has 2 unspecified atom stereocenters. The molecule has 0 spiro atoms. The molecule has 0 aliphatic heterocycles. The van der Waals surface area contributed by atoms with Crippen LogP contribution in [0.5, 0.6) is 0 Å². The maximum Gasteiger partial charge on any atom is 0.0249 e. The summed E-state index contributed by atoms with van der Waals surface area (Å²) < 4.78 is 0. The maximum atomic E-state index is 3.76. The van der Waals surface area contributed by atoms with Crippen molar-refractivity contribution in [3.8, 4) is 0 Å². The van der Waals surface area contributed by atoms with E-state index < -0.39 is 0 Å². The van der Waals surface area contributed by atoms with Crippen molar-refractivity contribution in [1.82, 2.24) is 10.2 Å². The van der Waals surface area contributed by atoms with E-state index in [1.165, 1.54) is 64.3 Å². The Morgan fingerprint density at radius 3 is 2.47 bits per heavy atom. The Kier molecular flexibility index (Phi) is 5.30. The lowest BCUT2D eigenvalue weighted by molar-refractivity contribution is 0.122. The van der Waals surface area contributed by atoms with Crippen LogP contribution in [0.1, 0.15) is 64.7 Å². The van der Waals surface area contributed by atoms with Crippen LogP contribution in [-0.4, -0.2) is 36.6 Å². The summed E-state index contributed by atoms with van der Waals surface area (Å²) in [7, 11) is 2.38. The standard InChI is InChI=1S/C15H30N2/c1-3-12-16-14-10-7-11-15(14)17(2)13-8-5-4-6-9-13/h13-16H,3-12H2,1-2H3. The maximum absolute atomic E-state index is 3.76. The fourth-order valence-electron chi connectivity index (χ4n) is 3.75. The van der Waals surface area contributed by atoms with Gasteiger partial charge in [0.1, 0.15) is 0 Å². The number of nitrogens with zero attached hydrogens (tertiary/aromatic N) is 1. The Morgan fingerprint density at radius 1 is 1.00 bits per heavy atom. The average Bonchev–Trinajstić information content (AvgIpc) is 2.84. The highest BCUT2D eigenvalue weighted by atomic mass is 15.2. The third-order valence-corrected chi connectivity index (χ3v) is 4.81. The Bertz CT molecular complexity index is 211. The molecule has 2 atom stereocenters. The monoisotopic (exact) mass is 238 g/mol. The van der Waals surface area contributed by atoms with Crippen LogP contribution < -0.4 is 5.32 Å². The molecule has 2 aliphatic carbocycles. The molecule has 2 saturated carbocycles. The molecule has 2 nitrogen and oxygen atoms in total. The van der Waals surface area contributed by atoms with Crippen molar-refractivity contribution in [1.29, 1.82) is 0 Å². The fraction of sp³-hybridized carbons (Fsp3) is 1.00. The summed E-state index contributed by atoms with van der Waals surface area (Å²) in [4.78, 5) is 2.72. The lowest BCUT2D eigenvalue weighted by Gasteiger charge is -2.38. The molecule has 1 N–H and O–H groups in total. The van der Waals surface area contributed by atoms with Gasteiger partial charge < -0.3 is 5.32 Å². The highest BCUT2D eigenvalue weighted by Gasteiger charge is 2.33. The summed E-state index contributed by atoms with van der Waals surface area (Å²) in [5, 5.41) is 3.76. The second-order valence-corrected chi connectivity index (χ2v) is 6.02. The summed E-state index contributed by atoms with van der Waals surface area (Å²) in [5.41, 5.74) is 0. The van der Waals surface area contributed by atoms with Gasteiger partial charge in [-0.25, -0.2) is 0 Å². The van der Waals surface area contributed by atoms with Gasteiger partial charge >= 0.3 is 0 Å². The van der Waals surface area contributed by atoms with Gasteiger partial charge in [0.25, 0.3) is 0 Å². The second-order valence-electron chi connectivity index (χ2n) is 6.02. The first-order valence-electron chi connectivity index (χ1n) is 7.78. The van der Waals surface area contributed by atoms with Crippen molar-refractivity contribution in [3.63, 3.8) is 0 Å². The van der Waals surface area contributed by atoms with Gasteiger partial charge in [0, 0.05) is 18.1 Å². The van der Waals surface area contributed by atoms with Crippen molar-refractivity contribution in [2.45, 2.75) is 82.8 Å². The molecule has 0 amide bonds. The van der Waals surface area contributed by atoms with E-state index in [4.69, 9.17) is 0 Å². The predicted molar refractivity (Wildman–Crippen MR) is 74.4 cm³/mol. The molecule has 2 rings (SSSR count). The van der Waals surface area contributed by atoms with E-state index >= 15 is 0 Å². The predicted octanol–water partition coefficient (Wildman–Crippen LogP) is 3.17. The Balaban J connectivity index is 1.85. The molecule has 0 heterocycles. The normalized spacial score (nSPS) is 31.2. The van der Waals surface area contributed by atoms with Crippen LogP contribution in [0.15, 0.2) is 0 Å². The third kappa shape index (κ3) is 3.45. The summed E-state index contributed by atoms with van der Waals surface area (Å²) in [6.07, 6.45) is 12.7. The average molecular weight is 238 g/mol. The third-order valence-electron chi connectivity index (χ3n) is 4.81. The number of hydrogen-bond donors (Lipinski definition) is 1. The zero-order valence-electron chi connectivity index (χ0n) is 11.8. The van der Waals surface area contributed by atoms with Gasteiger partial charge in [-0.3, -0.25) is 4.90 Å². The first-order chi connectivity index (χ1) is 8.33. The molecular weight excluding hydrogens is 208 g/mol. The molecule has 0 saturated heterocycles. The van der Waals surface area contributed by atoms with E-state index in [1.807, 2.05) is 0 Å². The van der Waals surface area contributed by atoms with E-state index in [0.29, 0.717) is 0 Å². The van der Waals surface area contributed by atoms with Crippen LogP contribution >= 0.6 is 0 Å². The van der Waals surface area contributed by atoms with E-state index in [-0.39, 0.29) is 0 Å². The Morgan fingerprint density at radius 2 is 1.76 bits per heavy atom. The van der Waals surface area contributed by atoms with Crippen molar-refractivity contribution < 1.29 is 0 Å². The van der Waals surface area contributed by atoms with Gasteiger partial charge in [-0.05, 0) is 45.7 Å². The van der Waals surface area contributed by atoms with Gasteiger partial charge in [-0.2, -0.15) is 0 Å². The van der Waals surface area contributed by atoms with Crippen LogP contribution in [0.25, 0.3) is 0 Å². The minimum Gasteiger partial charge on any atom is -0.312 e. The van der Waals surface area contributed by atoms with E-state index in [0.717, 1.165) is 18.1 Å². The summed E-state index contributed by atoms with van der Waals surface area (Å²) in [5.74, 6) is 0. The van der Waals surface area contributed by atoms with E-state index in [9.17, 15) is 0 Å². The number of rotatable bonds is 5. The van der Waals surface area contributed by atoms with Crippen LogP contribution in [0.3, 0.4) is 0 Å². The second kappa shape index (κ2) is 6.75. The summed E-state index contributed by atoms with van der Waals surface area (Å²) >= 11 is 0. The largest absolute Gasteiger partial charge is 0.312 e. The van der Waals surface area contributed by atoms with Gasteiger partial charge in [-0.15, -0.1) is 0 Å². The summed E-state index contributed by atoms with van der Waals surface area (Å²) in [6, 6.07) is 2.45. The first kappa shape index (κ1) is 13.4. The van der Waals surface area contributed by atoms with E-state index in [1.54, 1.807) is 0 Å². The first-order valence-corrected chi connectivity index (χ1v) is 7.78. The molecule has 2 fully saturated rings. The smallest absolute Gasteiger partial charge is 0.0249 e. The van der Waals surface area contributed by atoms with Crippen molar-refractivity contribution in [3.05, 3.63) is 0 Å². The number of likely N-dealkylation sites (N-methyl/N-ethyl adjacent to an activating group) is 1. The van der Waals surface area contributed by atoms with Crippen molar-refractivity contribution in [2.24, 2.45) is 0 Å². The van der Waals surface area contributed by atoms with Gasteiger partial charge in [0.05, 0.1) is 0 Å². The zero-order chi connectivity index (χ0) is 12.1. The van der Waals surface area contributed by atoms with Crippen LogP contribution in [0.2, 0.25) is 0 Å². The van der Waals surface area contributed by atoms with Gasteiger partial charge in [-0.1, -0.05) is 32.6 Å². The molecule has 0 aromatic carbocycles. The molecule has 2 heteroatoms.